The van der Waals surface area contributed by atoms with Crippen molar-refractivity contribution in [3.8, 4) is 11.5 Å². The molecule has 3 rings (SSSR count). The maximum absolute atomic E-state index is 12.2. The van der Waals surface area contributed by atoms with Crippen molar-refractivity contribution in [3.05, 3.63) is 24.2 Å². The highest BCUT2D eigenvalue weighted by molar-refractivity contribution is 5.84. The molecule has 0 radical (unpaired) electrons. The normalized spacial score (nSPS) is 15.5. The standard InChI is InChI=1S/C21H29N3O4/c1-6-16-15-11-18(26-5)19(12-17(15)23-13-22-16)27-14-7-9-24(10-8-14)20(25)28-21(2,3)4/h11-14H,6-10H2,1-5H3. The summed E-state index contributed by atoms with van der Waals surface area (Å²) in [7, 11) is 1.63. The minimum absolute atomic E-state index is 0.0116. The van der Waals surface area contributed by atoms with Crippen LogP contribution in [0.15, 0.2) is 18.5 Å². The number of methoxy groups -OCH3 is 1. The van der Waals surface area contributed by atoms with Crippen LogP contribution < -0.4 is 9.47 Å². The van der Waals surface area contributed by atoms with Crippen molar-refractivity contribution in [1.29, 1.82) is 0 Å². The van der Waals surface area contributed by atoms with Gasteiger partial charge in [-0.1, -0.05) is 6.92 Å². The van der Waals surface area contributed by atoms with E-state index in [1.54, 1.807) is 18.3 Å². The van der Waals surface area contributed by atoms with Crippen LogP contribution >= 0.6 is 0 Å². The topological polar surface area (TPSA) is 73.8 Å². The first-order valence-corrected chi connectivity index (χ1v) is 9.77. The molecule has 0 saturated carbocycles. The first-order chi connectivity index (χ1) is 13.3. The van der Waals surface area contributed by atoms with Crippen LogP contribution in [-0.2, 0) is 11.2 Å². The lowest BCUT2D eigenvalue weighted by Crippen LogP contribution is -2.44. The third kappa shape index (κ3) is 4.64. The minimum atomic E-state index is -0.484. The Morgan fingerprint density at radius 1 is 1.18 bits per heavy atom. The predicted molar refractivity (Wildman–Crippen MR) is 107 cm³/mol. The van der Waals surface area contributed by atoms with Crippen molar-refractivity contribution in [2.45, 2.75) is 58.7 Å². The molecular formula is C21H29N3O4. The van der Waals surface area contributed by atoms with E-state index in [-0.39, 0.29) is 12.2 Å². The van der Waals surface area contributed by atoms with Crippen LogP contribution in [0.5, 0.6) is 11.5 Å². The van der Waals surface area contributed by atoms with Gasteiger partial charge in [0.15, 0.2) is 11.5 Å². The quantitative estimate of drug-likeness (QED) is 0.790. The van der Waals surface area contributed by atoms with Crippen molar-refractivity contribution in [1.82, 2.24) is 14.9 Å². The van der Waals surface area contributed by atoms with Crippen molar-refractivity contribution in [2.75, 3.05) is 20.2 Å². The lowest BCUT2D eigenvalue weighted by atomic mass is 10.1. The molecule has 0 N–H and O–H groups in total. The number of likely N-dealkylation sites (tertiary alicyclic amines) is 1. The largest absolute Gasteiger partial charge is 0.493 e. The fourth-order valence-corrected chi connectivity index (χ4v) is 3.31. The molecule has 0 spiro atoms. The van der Waals surface area contributed by atoms with Gasteiger partial charge in [0.05, 0.1) is 18.3 Å². The van der Waals surface area contributed by atoms with Crippen LogP contribution in [0.25, 0.3) is 10.9 Å². The van der Waals surface area contributed by atoms with E-state index in [0.29, 0.717) is 24.6 Å². The fraction of sp³-hybridized carbons (Fsp3) is 0.571. The van der Waals surface area contributed by atoms with Gasteiger partial charge >= 0.3 is 6.09 Å². The number of carbonyl (C=O) groups excluding carboxylic acids is 1. The molecule has 7 nitrogen and oxygen atoms in total. The predicted octanol–water partition coefficient (Wildman–Crippen LogP) is 3.98. The van der Waals surface area contributed by atoms with Gasteiger partial charge in [0, 0.05) is 37.4 Å². The number of nitrogens with zero attached hydrogens (tertiary/aromatic N) is 3. The molecule has 0 bridgehead atoms. The number of carbonyl (C=O) groups is 1. The molecule has 2 aromatic rings. The molecule has 0 aliphatic carbocycles. The van der Waals surface area contributed by atoms with Crippen LogP contribution in [0.1, 0.15) is 46.2 Å². The highest BCUT2D eigenvalue weighted by atomic mass is 16.6. The molecule has 28 heavy (non-hydrogen) atoms. The van der Waals surface area contributed by atoms with E-state index >= 15 is 0 Å². The van der Waals surface area contributed by atoms with Gasteiger partial charge in [0.25, 0.3) is 0 Å². The molecule has 0 unspecified atom stereocenters. The summed E-state index contributed by atoms with van der Waals surface area (Å²) < 4.78 is 17.2. The summed E-state index contributed by atoms with van der Waals surface area (Å²) in [6.45, 7) is 8.91. The Kier molecular flexibility index (Phi) is 5.91. The zero-order chi connectivity index (χ0) is 20.3. The van der Waals surface area contributed by atoms with E-state index < -0.39 is 5.60 Å². The summed E-state index contributed by atoms with van der Waals surface area (Å²) in [6, 6.07) is 3.86. The molecule has 1 fully saturated rings. The Morgan fingerprint density at radius 3 is 2.50 bits per heavy atom. The number of hydrogen-bond donors (Lipinski definition) is 0. The van der Waals surface area contributed by atoms with Gasteiger partial charge in [0.2, 0.25) is 0 Å². The number of fused-ring (bicyclic) bond motifs is 1. The molecule has 1 aliphatic heterocycles. The van der Waals surface area contributed by atoms with Gasteiger partial charge in [0.1, 0.15) is 18.0 Å². The summed E-state index contributed by atoms with van der Waals surface area (Å²) in [5.41, 5.74) is 1.34. The van der Waals surface area contributed by atoms with Gasteiger partial charge in [-0.05, 0) is 33.3 Å². The van der Waals surface area contributed by atoms with E-state index in [0.717, 1.165) is 35.9 Å². The summed E-state index contributed by atoms with van der Waals surface area (Å²) in [5.74, 6) is 1.35. The summed E-state index contributed by atoms with van der Waals surface area (Å²) in [4.78, 5) is 22.7. The number of piperidine rings is 1. The maximum Gasteiger partial charge on any atom is 0.410 e. The van der Waals surface area contributed by atoms with Crippen molar-refractivity contribution < 1.29 is 19.0 Å². The second kappa shape index (κ2) is 8.20. The summed E-state index contributed by atoms with van der Waals surface area (Å²) >= 11 is 0. The van der Waals surface area contributed by atoms with E-state index in [1.807, 2.05) is 32.9 Å². The van der Waals surface area contributed by atoms with E-state index in [2.05, 4.69) is 16.9 Å². The average Bonchev–Trinajstić information content (AvgIpc) is 2.66. The monoisotopic (exact) mass is 387 g/mol. The number of benzene rings is 1. The van der Waals surface area contributed by atoms with Gasteiger partial charge in [-0.2, -0.15) is 0 Å². The van der Waals surface area contributed by atoms with Crippen molar-refractivity contribution in [3.63, 3.8) is 0 Å². The second-order valence-corrected chi connectivity index (χ2v) is 7.98. The van der Waals surface area contributed by atoms with Crippen LogP contribution in [0, 0.1) is 0 Å². The molecule has 2 heterocycles. The molecule has 1 aromatic heterocycles. The highest BCUT2D eigenvalue weighted by Crippen LogP contribution is 2.34. The number of amides is 1. The Hall–Kier alpha value is -2.57. The highest BCUT2D eigenvalue weighted by Gasteiger charge is 2.28. The lowest BCUT2D eigenvalue weighted by molar-refractivity contribution is 0.0124. The van der Waals surface area contributed by atoms with Crippen molar-refractivity contribution >= 4 is 17.0 Å². The minimum Gasteiger partial charge on any atom is -0.493 e. The van der Waals surface area contributed by atoms with Crippen LogP contribution in [0.4, 0.5) is 4.79 Å². The summed E-state index contributed by atoms with van der Waals surface area (Å²) in [5, 5.41) is 0.981. The third-order valence-electron chi connectivity index (χ3n) is 4.73. The van der Waals surface area contributed by atoms with Crippen molar-refractivity contribution in [2.24, 2.45) is 0 Å². The molecule has 152 valence electrons. The smallest absolute Gasteiger partial charge is 0.410 e. The number of aryl methyl sites for hydroxylation is 1. The zero-order valence-corrected chi connectivity index (χ0v) is 17.3. The molecule has 1 saturated heterocycles. The van der Waals surface area contributed by atoms with E-state index in [1.165, 1.54) is 0 Å². The molecule has 7 heteroatoms. The number of ether oxygens (including phenoxy) is 3. The Bertz CT molecular complexity index is 839. The van der Waals surface area contributed by atoms with Gasteiger partial charge in [-0.15, -0.1) is 0 Å². The lowest BCUT2D eigenvalue weighted by Gasteiger charge is -2.33. The maximum atomic E-state index is 12.2. The summed E-state index contributed by atoms with van der Waals surface area (Å²) in [6.07, 6.45) is 3.63. The molecule has 0 atom stereocenters. The first-order valence-electron chi connectivity index (χ1n) is 9.77. The molecular weight excluding hydrogens is 358 g/mol. The SMILES string of the molecule is CCc1ncnc2cc(OC3CCN(C(=O)OC(C)(C)C)CC3)c(OC)cc12. The Balaban J connectivity index is 1.69. The fourth-order valence-electron chi connectivity index (χ4n) is 3.31. The number of aromatic nitrogens is 2. The second-order valence-electron chi connectivity index (χ2n) is 7.98. The Labute approximate surface area is 166 Å². The van der Waals surface area contributed by atoms with Gasteiger partial charge in [-0.25, -0.2) is 14.8 Å². The Morgan fingerprint density at radius 2 is 1.89 bits per heavy atom. The number of rotatable bonds is 4. The van der Waals surface area contributed by atoms with Gasteiger partial charge < -0.3 is 19.1 Å². The molecule has 1 aliphatic rings. The van der Waals surface area contributed by atoms with E-state index in [4.69, 9.17) is 14.2 Å². The zero-order valence-electron chi connectivity index (χ0n) is 17.3. The van der Waals surface area contributed by atoms with Crippen LogP contribution in [-0.4, -0.2) is 52.9 Å². The van der Waals surface area contributed by atoms with E-state index in [9.17, 15) is 4.79 Å². The van der Waals surface area contributed by atoms with Crippen LogP contribution in [0.2, 0.25) is 0 Å². The average molecular weight is 387 g/mol. The molecule has 1 amide bonds. The number of hydrogen-bond acceptors (Lipinski definition) is 6. The van der Waals surface area contributed by atoms with Gasteiger partial charge in [-0.3, -0.25) is 0 Å². The van der Waals surface area contributed by atoms with Crippen LogP contribution in [0.3, 0.4) is 0 Å². The molecule has 1 aromatic carbocycles. The third-order valence-corrected chi connectivity index (χ3v) is 4.73. The first kappa shape index (κ1) is 20.2.